The first-order valence-electron chi connectivity index (χ1n) is 6.66. The van der Waals surface area contributed by atoms with Crippen molar-refractivity contribution in [2.75, 3.05) is 19.6 Å². The van der Waals surface area contributed by atoms with E-state index in [4.69, 9.17) is 4.74 Å². The van der Waals surface area contributed by atoms with Gasteiger partial charge in [0.15, 0.2) is 0 Å². The van der Waals surface area contributed by atoms with Gasteiger partial charge in [0.2, 0.25) is 0 Å². The van der Waals surface area contributed by atoms with E-state index in [-0.39, 0.29) is 0 Å². The Hall–Kier alpha value is -0.860. The first-order valence-corrected chi connectivity index (χ1v) is 6.66. The molecule has 2 atom stereocenters. The van der Waals surface area contributed by atoms with Gasteiger partial charge in [-0.25, -0.2) is 0 Å². The van der Waals surface area contributed by atoms with E-state index in [2.05, 4.69) is 49.1 Å². The lowest BCUT2D eigenvalue weighted by atomic mass is 10.1. The number of nitrogens with zero attached hydrogens (tertiary/aromatic N) is 1. The summed E-state index contributed by atoms with van der Waals surface area (Å²) in [6.07, 6.45) is 3.19. The Morgan fingerprint density at radius 2 is 1.76 bits per heavy atom. The van der Waals surface area contributed by atoms with Crippen LogP contribution in [-0.4, -0.2) is 36.7 Å². The number of aryl methyl sites for hydroxylation is 1. The Labute approximate surface area is 105 Å². The van der Waals surface area contributed by atoms with Gasteiger partial charge < -0.3 is 4.74 Å². The SMILES string of the molecule is CC1CN(CCCc2ccccc2)CC(C)O1. The second-order valence-corrected chi connectivity index (χ2v) is 5.11. The molecular formula is C15H23NO. The van der Waals surface area contributed by atoms with Crippen molar-refractivity contribution in [2.45, 2.75) is 38.9 Å². The highest BCUT2D eigenvalue weighted by molar-refractivity contribution is 5.14. The maximum atomic E-state index is 5.74. The van der Waals surface area contributed by atoms with Crippen LogP contribution in [0.15, 0.2) is 30.3 Å². The molecule has 0 aliphatic carbocycles. The first-order chi connectivity index (χ1) is 8.24. The predicted molar refractivity (Wildman–Crippen MR) is 71.2 cm³/mol. The molecular weight excluding hydrogens is 210 g/mol. The number of benzene rings is 1. The van der Waals surface area contributed by atoms with Gasteiger partial charge in [0.1, 0.15) is 0 Å². The monoisotopic (exact) mass is 233 g/mol. The van der Waals surface area contributed by atoms with E-state index in [1.807, 2.05) is 0 Å². The molecule has 1 aliphatic rings. The number of hydrogen-bond acceptors (Lipinski definition) is 2. The summed E-state index contributed by atoms with van der Waals surface area (Å²) in [4.78, 5) is 2.53. The largest absolute Gasteiger partial charge is 0.373 e. The smallest absolute Gasteiger partial charge is 0.0678 e. The molecule has 0 spiro atoms. The van der Waals surface area contributed by atoms with Crippen molar-refractivity contribution in [3.8, 4) is 0 Å². The molecule has 1 heterocycles. The van der Waals surface area contributed by atoms with Crippen LogP contribution in [0.1, 0.15) is 25.8 Å². The Morgan fingerprint density at radius 3 is 2.41 bits per heavy atom. The van der Waals surface area contributed by atoms with Crippen LogP contribution in [-0.2, 0) is 11.2 Å². The van der Waals surface area contributed by atoms with Crippen molar-refractivity contribution >= 4 is 0 Å². The summed E-state index contributed by atoms with van der Waals surface area (Å²) in [7, 11) is 0. The molecule has 1 aliphatic heterocycles. The fourth-order valence-corrected chi connectivity index (χ4v) is 2.62. The van der Waals surface area contributed by atoms with Crippen molar-refractivity contribution in [1.29, 1.82) is 0 Å². The predicted octanol–water partition coefficient (Wildman–Crippen LogP) is 2.73. The summed E-state index contributed by atoms with van der Waals surface area (Å²) in [6, 6.07) is 10.7. The molecule has 1 fully saturated rings. The summed E-state index contributed by atoms with van der Waals surface area (Å²) in [6.45, 7) is 7.69. The van der Waals surface area contributed by atoms with Gasteiger partial charge in [-0.3, -0.25) is 4.90 Å². The molecule has 2 unspecified atom stereocenters. The van der Waals surface area contributed by atoms with Gasteiger partial charge >= 0.3 is 0 Å². The Bertz CT molecular complexity index is 315. The van der Waals surface area contributed by atoms with Gasteiger partial charge in [-0.05, 0) is 38.8 Å². The minimum Gasteiger partial charge on any atom is -0.373 e. The zero-order chi connectivity index (χ0) is 12.1. The third-order valence-electron chi connectivity index (χ3n) is 3.28. The number of morpholine rings is 1. The normalized spacial score (nSPS) is 26.0. The van der Waals surface area contributed by atoms with Crippen LogP contribution >= 0.6 is 0 Å². The van der Waals surface area contributed by atoms with E-state index in [0.717, 1.165) is 13.1 Å². The molecule has 0 saturated carbocycles. The lowest BCUT2D eigenvalue weighted by Gasteiger charge is -2.35. The van der Waals surface area contributed by atoms with Crippen LogP contribution in [0.2, 0.25) is 0 Å². The topological polar surface area (TPSA) is 12.5 Å². The maximum absolute atomic E-state index is 5.74. The highest BCUT2D eigenvalue weighted by atomic mass is 16.5. The lowest BCUT2D eigenvalue weighted by Crippen LogP contribution is -2.45. The molecule has 0 radical (unpaired) electrons. The van der Waals surface area contributed by atoms with Crippen molar-refractivity contribution in [2.24, 2.45) is 0 Å². The molecule has 94 valence electrons. The van der Waals surface area contributed by atoms with Gasteiger partial charge in [-0.15, -0.1) is 0 Å². The van der Waals surface area contributed by atoms with E-state index in [9.17, 15) is 0 Å². The molecule has 1 saturated heterocycles. The molecule has 17 heavy (non-hydrogen) atoms. The van der Waals surface area contributed by atoms with E-state index < -0.39 is 0 Å². The zero-order valence-electron chi connectivity index (χ0n) is 10.9. The highest BCUT2D eigenvalue weighted by Crippen LogP contribution is 2.11. The molecule has 2 rings (SSSR count). The molecule has 0 bridgehead atoms. The summed E-state index contributed by atoms with van der Waals surface area (Å²) < 4.78 is 5.74. The summed E-state index contributed by atoms with van der Waals surface area (Å²) in [5.41, 5.74) is 1.45. The fraction of sp³-hybridized carbons (Fsp3) is 0.600. The minimum absolute atomic E-state index is 0.385. The Morgan fingerprint density at radius 1 is 1.12 bits per heavy atom. The lowest BCUT2D eigenvalue weighted by molar-refractivity contribution is -0.0680. The Kier molecular flexibility index (Phi) is 4.57. The average molecular weight is 233 g/mol. The third-order valence-corrected chi connectivity index (χ3v) is 3.28. The minimum atomic E-state index is 0.385. The van der Waals surface area contributed by atoms with Crippen LogP contribution in [0.25, 0.3) is 0 Å². The summed E-state index contributed by atoms with van der Waals surface area (Å²) >= 11 is 0. The number of hydrogen-bond donors (Lipinski definition) is 0. The standard InChI is InChI=1S/C15H23NO/c1-13-11-16(12-14(2)17-13)10-6-9-15-7-4-3-5-8-15/h3-5,7-8,13-14H,6,9-12H2,1-2H3. The van der Waals surface area contributed by atoms with Crippen molar-refractivity contribution < 1.29 is 4.74 Å². The number of rotatable bonds is 4. The second-order valence-electron chi connectivity index (χ2n) is 5.11. The highest BCUT2D eigenvalue weighted by Gasteiger charge is 2.21. The van der Waals surface area contributed by atoms with Crippen molar-refractivity contribution in [3.63, 3.8) is 0 Å². The van der Waals surface area contributed by atoms with Gasteiger partial charge in [0.05, 0.1) is 12.2 Å². The maximum Gasteiger partial charge on any atom is 0.0678 e. The second kappa shape index (κ2) is 6.18. The third kappa shape index (κ3) is 4.14. The first kappa shape index (κ1) is 12.6. The van der Waals surface area contributed by atoms with Crippen LogP contribution in [0.4, 0.5) is 0 Å². The van der Waals surface area contributed by atoms with Crippen LogP contribution in [0.5, 0.6) is 0 Å². The van der Waals surface area contributed by atoms with E-state index in [0.29, 0.717) is 12.2 Å². The van der Waals surface area contributed by atoms with Gasteiger partial charge in [0, 0.05) is 13.1 Å². The number of ether oxygens (including phenoxy) is 1. The quantitative estimate of drug-likeness (QED) is 0.793. The Balaban J connectivity index is 1.71. The molecule has 0 aromatic heterocycles. The molecule has 2 heteroatoms. The van der Waals surface area contributed by atoms with E-state index in [1.165, 1.54) is 24.9 Å². The van der Waals surface area contributed by atoms with Crippen LogP contribution in [0.3, 0.4) is 0 Å². The van der Waals surface area contributed by atoms with Gasteiger partial charge in [-0.2, -0.15) is 0 Å². The van der Waals surface area contributed by atoms with E-state index >= 15 is 0 Å². The molecule has 2 nitrogen and oxygen atoms in total. The van der Waals surface area contributed by atoms with Crippen molar-refractivity contribution in [3.05, 3.63) is 35.9 Å². The van der Waals surface area contributed by atoms with Gasteiger partial charge in [0.25, 0.3) is 0 Å². The molecule has 1 aromatic carbocycles. The average Bonchev–Trinajstić information content (AvgIpc) is 2.29. The fourth-order valence-electron chi connectivity index (χ4n) is 2.62. The van der Waals surface area contributed by atoms with Crippen LogP contribution in [0, 0.1) is 0 Å². The summed E-state index contributed by atoms with van der Waals surface area (Å²) in [5.74, 6) is 0. The molecule has 1 aromatic rings. The van der Waals surface area contributed by atoms with Crippen LogP contribution < -0.4 is 0 Å². The summed E-state index contributed by atoms with van der Waals surface area (Å²) in [5, 5.41) is 0. The van der Waals surface area contributed by atoms with Crippen molar-refractivity contribution in [1.82, 2.24) is 4.90 Å². The molecule has 0 N–H and O–H groups in total. The molecule has 0 amide bonds. The zero-order valence-corrected chi connectivity index (χ0v) is 10.9. The van der Waals surface area contributed by atoms with Gasteiger partial charge in [-0.1, -0.05) is 30.3 Å². The van der Waals surface area contributed by atoms with E-state index in [1.54, 1.807) is 0 Å².